The molecular weight excluding hydrogens is 184 g/mol. The Bertz CT molecular complexity index is 201. The van der Waals surface area contributed by atoms with Gasteiger partial charge in [0.1, 0.15) is 0 Å². The number of hydrogen-bond acceptors (Lipinski definition) is 2. The number of pyridine rings is 1. The van der Waals surface area contributed by atoms with E-state index in [0.29, 0.717) is 0 Å². The highest BCUT2D eigenvalue weighted by atomic mass is 35.5. The Kier molecular flexibility index (Phi) is 7.65. The van der Waals surface area contributed by atoms with Crippen LogP contribution in [-0.2, 0) is 6.42 Å². The molecule has 1 aromatic rings. The number of unbranched alkanes of at least 4 members (excludes halogenated alkanes) is 2. The van der Waals surface area contributed by atoms with Crippen molar-refractivity contribution >= 4 is 12.4 Å². The van der Waals surface area contributed by atoms with Gasteiger partial charge in [0.15, 0.2) is 0 Å². The lowest BCUT2D eigenvalue weighted by atomic mass is 10.1. The van der Waals surface area contributed by atoms with E-state index in [0.717, 1.165) is 19.4 Å². The highest BCUT2D eigenvalue weighted by Gasteiger charge is 1.91. The maximum atomic E-state index is 5.40. The zero-order chi connectivity index (χ0) is 8.65. The molecule has 0 saturated heterocycles. The second-order valence-corrected chi connectivity index (χ2v) is 2.96. The molecule has 0 spiro atoms. The molecular formula is C10H17ClN2. The Morgan fingerprint density at radius 2 is 2.08 bits per heavy atom. The van der Waals surface area contributed by atoms with Crippen molar-refractivity contribution in [1.29, 1.82) is 0 Å². The minimum absolute atomic E-state index is 0. The molecule has 0 aromatic carbocycles. The lowest BCUT2D eigenvalue weighted by Gasteiger charge is -1.98. The molecule has 0 unspecified atom stereocenters. The monoisotopic (exact) mass is 200 g/mol. The second kappa shape index (κ2) is 8.02. The van der Waals surface area contributed by atoms with Crippen LogP contribution in [-0.4, -0.2) is 11.5 Å². The van der Waals surface area contributed by atoms with Gasteiger partial charge in [-0.3, -0.25) is 4.98 Å². The van der Waals surface area contributed by atoms with E-state index in [1.165, 1.54) is 18.4 Å². The third kappa shape index (κ3) is 5.61. The zero-order valence-electron chi connectivity index (χ0n) is 7.78. The number of hydrogen-bond donors (Lipinski definition) is 1. The fraction of sp³-hybridized carbons (Fsp3) is 0.500. The molecule has 0 aliphatic rings. The third-order valence-electron chi connectivity index (χ3n) is 1.89. The number of halogens is 1. The summed E-state index contributed by atoms with van der Waals surface area (Å²) in [4.78, 5) is 4.06. The van der Waals surface area contributed by atoms with Crippen LogP contribution in [0.25, 0.3) is 0 Å². The van der Waals surface area contributed by atoms with Gasteiger partial charge in [0.05, 0.1) is 0 Å². The van der Waals surface area contributed by atoms with Crippen LogP contribution < -0.4 is 5.73 Å². The van der Waals surface area contributed by atoms with Crippen molar-refractivity contribution < 1.29 is 0 Å². The van der Waals surface area contributed by atoms with Crippen molar-refractivity contribution in [3.8, 4) is 0 Å². The summed E-state index contributed by atoms with van der Waals surface area (Å²) in [7, 11) is 0. The highest BCUT2D eigenvalue weighted by molar-refractivity contribution is 5.85. The van der Waals surface area contributed by atoms with Crippen molar-refractivity contribution in [3.05, 3.63) is 30.1 Å². The van der Waals surface area contributed by atoms with E-state index in [2.05, 4.69) is 11.1 Å². The summed E-state index contributed by atoms with van der Waals surface area (Å²) in [6, 6.07) is 4.10. The maximum absolute atomic E-state index is 5.40. The van der Waals surface area contributed by atoms with Gasteiger partial charge in [-0.05, 0) is 37.4 Å². The molecule has 0 atom stereocenters. The van der Waals surface area contributed by atoms with E-state index >= 15 is 0 Å². The lowest BCUT2D eigenvalue weighted by molar-refractivity contribution is 0.685. The summed E-state index contributed by atoms with van der Waals surface area (Å²) in [6.45, 7) is 0.813. The Morgan fingerprint density at radius 1 is 1.23 bits per heavy atom. The van der Waals surface area contributed by atoms with E-state index < -0.39 is 0 Å². The van der Waals surface area contributed by atoms with Gasteiger partial charge in [-0.1, -0.05) is 12.5 Å². The van der Waals surface area contributed by atoms with Gasteiger partial charge < -0.3 is 5.73 Å². The van der Waals surface area contributed by atoms with Crippen molar-refractivity contribution in [2.45, 2.75) is 25.7 Å². The standard InChI is InChI=1S/C10H16N2.ClH/c11-7-3-1-2-5-10-6-4-8-12-9-10;/h4,6,8-9H,1-3,5,7,11H2;1H. The molecule has 74 valence electrons. The molecule has 0 radical (unpaired) electrons. The SMILES string of the molecule is Cl.NCCCCCc1cccnc1. The molecule has 2 N–H and O–H groups in total. The van der Waals surface area contributed by atoms with Crippen molar-refractivity contribution in [3.63, 3.8) is 0 Å². The summed E-state index contributed by atoms with van der Waals surface area (Å²) < 4.78 is 0. The van der Waals surface area contributed by atoms with Crippen LogP contribution in [0.3, 0.4) is 0 Å². The molecule has 0 bridgehead atoms. The highest BCUT2D eigenvalue weighted by Crippen LogP contribution is 2.03. The number of nitrogens with zero attached hydrogens (tertiary/aromatic N) is 1. The average Bonchev–Trinajstić information content (AvgIpc) is 2.14. The number of nitrogens with two attached hydrogens (primary N) is 1. The van der Waals surface area contributed by atoms with E-state index in [4.69, 9.17) is 5.73 Å². The van der Waals surface area contributed by atoms with Gasteiger partial charge in [-0.25, -0.2) is 0 Å². The fourth-order valence-electron chi connectivity index (χ4n) is 1.20. The molecule has 1 rings (SSSR count). The Labute approximate surface area is 86.0 Å². The molecule has 0 amide bonds. The van der Waals surface area contributed by atoms with E-state index in [1.54, 1.807) is 0 Å². The predicted molar refractivity (Wildman–Crippen MR) is 58.1 cm³/mol. The van der Waals surface area contributed by atoms with Gasteiger partial charge >= 0.3 is 0 Å². The summed E-state index contributed by atoms with van der Waals surface area (Å²) in [5.41, 5.74) is 6.72. The third-order valence-corrected chi connectivity index (χ3v) is 1.89. The number of aryl methyl sites for hydroxylation is 1. The van der Waals surface area contributed by atoms with Crippen molar-refractivity contribution in [1.82, 2.24) is 4.98 Å². The lowest BCUT2D eigenvalue weighted by Crippen LogP contribution is -1.98. The molecule has 0 aliphatic heterocycles. The summed E-state index contributed by atoms with van der Waals surface area (Å²) in [5, 5.41) is 0. The maximum Gasteiger partial charge on any atom is 0.0299 e. The van der Waals surface area contributed by atoms with Crippen LogP contribution in [0, 0.1) is 0 Å². The predicted octanol–water partition coefficient (Wildman–Crippen LogP) is 2.17. The summed E-state index contributed by atoms with van der Waals surface area (Å²) in [5.74, 6) is 0. The molecule has 1 aromatic heterocycles. The summed E-state index contributed by atoms with van der Waals surface area (Å²) >= 11 is 0. The van der Waals surface area contributed by atoms with Crippen LogP contribution >= 0.6 is 12.4 Å². The Hall–Kier alpha value is -0.600. The van der Waals surface area contributed by atoms with Crippen LogP contribution in [0.4, 0.5) is 0 Å². The first-order valence-electron chi connectivity index (χ1n) is 4.52. The Morgan fingerprint density at radius 3 is 2.69 bits per heavy atom. The second-order valence-electron chi connectivity index (χ2n) is 2.96. The number of rotatable bonds is 5. The van der Waals surface area contributed by atoms with Crippen LogP contribution in [0.5, 0.6) is 0 Å². The Balaban J connectivity index is 0.00000144. The molecule has 13 heavy (non-hydrogen) atoms. The quantitative estimate of drug-likeness (QED) is 0.740. The van der Waals surface area contributed by atoms with Crippen molar-refractivity contribution in [2.24, 2.45) is 5.73 Å². The van der Waals surface area contributed by atoms with Gasteiger partial charge in [-0.2, -0.15) is 0 Å². The van der Waals surface area contributed by atoms with Gasteiger partial charge in [0, 0.05) is 12.4 Å². The smallest absolute Gasteiger partial charge is 0.0299 e. The van der Waals surface area contributed by atoms with E-state index in [9.17, 15) is 0 Å². The molecule has 3 heteroatoms. The van der Waals surface area contributed by atoms with Crippen LogP contribution in [0.15, 0.2) is 24.5 Å². The van der Waals surface area contributed by atoms with Crippen LogP contribution in [0.2, 0.25) is 0 Å². The first kappa shape index (κ1) is 12.4. The fourth-order valence-corrected chi connectivity index (χ4v) is 1.20. The molecule has 0 aliphatic carbocycles. The molecule has 0 saturated carbocycles. The molecule has 1 heterocycles. The van der Waals surface area contributed by atoms with Gasteiger partial charge in [0.2, 0.25) is 0 Å². The zero-order valence-corrected chi connectivity index (χ0v) is 8.59. The van der Waals surface area contributed by atoms with Gasteiger partial charge in [-0.15, -0.1) is 12.4 Å². The topological polar surface area (TPSA) is 38.9 Å². The first-order valence-corrected chi connectivity index (χ1v) is 4.52. The average molecular weight is 201 g/mol. The van der Waals surface area contributed by atoms with E-state index in [1.807, 2.05) is 18.5 Å². The first-order chi connectivity index (χ1) is 5.93. The number of aromatic nitrogens is 1. The molecule has 2 nitrogen and oxygen atoms in total. The minimum Gasteiger partial charge on any atom is -0.330 e. The minimum atomic E-state index is 0. The largest absolute Gasteiger partial charge is 0.330 e. The van der Waals surface area contributed by atoms with Gasteiger partial charge in [0.25, 0.3) is 0 Å². The molecule has 0 fully saturated rings. The normalized spacial score (nSPS) is 9.31. The van der Waals surface area contributed by atoms with E-state index in [-0.39, 0.29) is 12.4 Å². The van der Waals surface area contributed by atoms with Crippen molar-refractivity contribution in [2.75, 3.05) is 6.54 Å². The summed E-state index contributed by atoms with van der Waals surface area (Å²) in [6.07, 6.45) is 8.47. The van der Waals surface area contributed by atoms with Crippen LogP contribution in [0.1, 0.15) is 24.8 Å².